The maximum atomic E-state index is 13.7. The molecule has 3 unspecified atom stereocenters. The van der Waals surface area contributed by atoms with Crippen LogP contribution in [0.5, 0.6) is 5.75 Å². The number of nitrogens with zero attached hydrogens (tertiary/aromatic N) is 5. The standard InChI is InChI=1S/C32H43FN8O3/c1-39(13-11-34)18-24-16-36-38-31(24)22-5-9-27(10-6-22)43-29-15-30(29)44-28(21-42)20-41-32(23-3-7-26(33)8-4-23)25(17-37-41)19-40(2)14-12-35/h3-10,16-17,28-30,42H,11-15,18-21,34-35H2,1-2H3,(H,36,38). The number of halogens is 1. The summed E-state index contributed by atoms with van der Waals surface area (Å²) in [5, 5.41) is 22.2. The number of aromatic nitrogens is 4. The molecule has 1 aliphatic rings. The van der Waals surface area contributed by atoms with E-state index in [9.17, 15) is 9.50 Å². The average Bonchev–Trinajstić information content (AvgIpc) is 3.36. The first-order valence-corrected chi connectivity index (χ1v) is 15.0. The summed E-state index contributed by atoms with van der Waals surface area (Å²) in [5.41, 5.74) is 17.2. The molecule has 0 aliphatic heterocycles. The highest BCUT2D eigenvalue weighted by molar-refractivity contribution is 5.64. The highest BCUT2D eigenvalue weighted by atomic mass is 19.1. The summed E-state index contributed by atoms with van der Waals surface area (Å²) in [6, 6.07) is 14.3. The van der Waals surface area contributed by atoms with Crippen molar-refractivity contribution in [1.29, 1.82) is 0 Å². The second kappa shape index (κ2) is 14.9. The molecular formula is C32H43FN8O3. The fraction of sp³-hybridized carbons (Fsp3) is 0.438. The van der Waals surface area contributed by atoms with Crippen LogP contribution in [0.15, 0.2) is 60.9 Å². The van der Waals surface area contributed by atoms with Crippen molar-refractivity contribution in [1.82, 2.24) is 29.8 Å². The zero-order valence-corrected chi connectivity index (χ0v) is 25.4. The highest BCUT2D eigenvalue weighted by Crippen LogP contribution is 2.34. The predicted molar refractivity (Wildman–Crippen MR) is 167 cm³/mol. The van der Waals surface area contributed by atoms with Crippen LogP contribution in [0.4, 0.5) is 4.39 Å². The van der Waals surface area contributed by atoms with E-state index in [1.165, 1.54) is 12.1 Å². The summed E-state index contributed by atoms with van der Waals surface area (Å²) >= 11 is 0. The summed E-state index contributed by atoms with van der Waals surface area (Å²) in [4.78, 5) is 4.28. The number of H-pyrrole nitrogens is 1. The van der Waals surface area contributed by atoms with Crippen LogP contribution in [0.3, 0.4) is 0 Å². The minimum atomic E-state index is -0.485. The monoisotopic (exact) mass is 606 g/mol. The number of nitrogens with two attached hydrogens (primary N) is 2. The van der Waals surface area contributed by atoms with E-state index in [1.807, 2.05) is 55.4 Å². The lowest BCUT2D eigenvalue weighted by Crippen LogP contribution is -2.28. The number of rotatable bonds is 17. The lowest BCUT2D eigenvalue weighted by atomic mass is 10.1. The Morgan fingerprint density at radius 1 is 0.955 bits per heavy atom. The first-order chi connectivity index (χ1) is 21.4. The van der Waals surface area contributed by atoms with Crippen molar-refractivity contribution in [2.75, 3.05) is 46.9 Å². The summed E-state index contributed by atoms with van der Waals surface area (Å²) < 4.78 is 27.9. The van der Waals surface area contributed by atoms with E-state index in [2.05, 4.69) is 25.1 Å². The number of likely N-dealkylation sites (N-methyl/N-ethyl adjacent to an activating group) is 2. The van der Waals surface area contributed by atoms with E-state index in [1.54, 1.807) is 12.1 Å². The molecule has 44 heavy (non-hydrogen) atoms. The third-order valence-electron chi connectivity index (χ3n) is 7.71. The molecule has 1 aliphatic carbocycles. The van der Waals surface area contributed by atoms with Gasteiger partial charge in [-0.3, -0.25) is 9.78 Å². The van der Waals surface area contributed by atoms with E-state index in [4.69, 9.17) is 20.9 Å². The van der Waals surface area contributed by atoms with Crippen LogP contribution in [0.1, 0.15) is 17.5 Å². The molecule has 11 nitrogen and oxygen atoms in total. The van der Waals surface area contributed by atoms with Crippen molar-refractivity contribution in [3.63, 3.8) is 0 Å². The van der Waals surface area contributed by atoms with Gasteiger partial charge in [0.1, 0.15) is 23.8 Å². The van der Waals surface area contributed by atoms with Crippen LogP contribution in [-0.4, -0.2) is 100 Å². The molecule has 0 radical (unpaired) electrons. The lowest BCUT2D eigenvalue weighted by Gasteiger charge is -2.19. The van der Waals surface area contributed by atoms with Crippen molar-refractivity contribution in [3.8, 4) is 28.3 Å². The van der Waals surface area contributed by atoms with Gasteiger partial charge in [-0.1, -0.05) is 0 Å². The van der Waals surface area contributed by atoms with Crippen LogP contribution in [0, 0.1) is 5.82 Å². The number of hydrogen-bond acceptors (Lipinski definition) is 9. The van der Waals surface area contributed by atoms with Gasteiger partial charge >= 0.3 is 0 Å². The fourth-order valence-electron chi connectivity index (χ4n) is 5.36. The molecule has 236 valence electrons. The predicted octanol–water partition coefficient (Wildman–Crippen LogP) is 2.46. The van der Waals surface area contributed by atoms with E-state index >= 15 is 0 Å². The second-order valence-electron chi connectivity index (χ2n) is 11.4. The minimum absolute atomic E-state index is 0.0998. The van der Waals surface area contributed by atoms with Crippen molar-refractivity contribution < 1.29 is 19.0 Å². The van der Waals surface area contributed by atoms with Crippen LogP contribution in [0.25, 0.3) is 22.5 Å². The Balaban J connectivity index is 1.20. The van der Waals surface area contributed by atoms with Gasteiger partial charge in [0, 0.05) is 67.9 Å². The molecule has 0 amide bonds. The van der Waals surface area contributed by atoms with E-state index < -0.39 is 6.10 Å². The molecule has 4 aromatic rings. The molecule has 12 heteroatoms. The van der Waals surface area contributed by atoms with Gasteiger partial charge < -0.3 is 35.8 Å². The third kappa shape index (κ3) is 8.08. The Morgan fingerprint density at radius 2 is 1.61 bits per heavy atom. The Morgan fingerprint density at radius 3 is 2.27 bits per heavy atom. The van der Waals surface area contributed by atoms with Gasteiger partial charge in [-0.25, -0.2) is 4.39 Å². The number of benzene rings is 2. The molecule has 0 saturated heterocycles. The molecule has 1 fully saturated rings. The molecule has 2 aromatic heterocycles. The van der Waals surface area contributed by atoms with Crippen LogP contribution >= 0.6 is 0 Å². The van der Waals surface area contributed by atoms with E-state index in [0.29, 0.717) is 26.2 Å². The maximum Gasteiger partial charge on any atom is 0.128 e. The van der Waals surface area contributed by atoms with Gasteiger partial charge in [-0.05, 0) is 62.6 Å². The van der Waals surface area contributed by atoms with E-state index in [-0.39, 0.29) is 24.6 Å². The average molecular weight is 607 g/mol. The van der Waals surface area contributed by atoms with Crippen LogP contribution in [0.2, 0.25) is 0 Å². The van der Waals surface area contributed by atoms with Crippen LogP contribution < -0.4 is 16.2 Å². The Hall–Kier alpha value is -3.65. The first-order valence-electron chi connectivity index (χ1n) is 15.0. The van der Waals surface area contributed by atoms with Gasteiger partial charge in [0.25, 0.3) is 0 Å². The van der Waals surface area contributed by atoms with Gasteiger partial charge in [0.2, 0.25) is 0 Å². The maximum absolute atomic E-state index is 13.7. The van der Waals surface area contributed by atoms with Crippen molar-refractivity contribution in [2.45, 2.75) is 44.4 Å². The smallest absolute Gasteiger partial charge is 0.128 e. The number of nitrogens with one attached hydrogen (secondary N) is 1. The summed E-state index contributed by atoms with van der Waals surface area (Å²) in [7, 11) is 4.04. The quantitative estimate of drug-likeness (QED) is 0.143. The molecule has 0 spiro atoms. The molecule has 2 heterocycles. The molecule has 3 atom stereocenters. The molecular weight excluding hydrogens is 563 g/mol. The highest BCUT2D eigenvalue weighted by Gasteiger charge is 2.42. The number of aliphatic hydroxyl groups is 1. The number of aromatic amines is 1. The lowest BCUT2D eigenvalue weighted by molar-refractivity contribution is -0.0209. The Kier molecular flexibility index (Phi) is 10.7. The summed E-state index contributed by atoms with van der Waals surface area (Å²) in [6.07, 6.45) is 3.68. The van der Waals surface area contributed by atoms with Crippen molar-refractivity contribution >= 4 is 0 Å². The van der Waals surface area contributed by atoms with Crippen molar-refractivity contribution in [3.05, 3.63) is 77.9 Å². The molecule has 2 aromatic carbocycles. The zero-order valence-electron chi connectivity index (χ0n) is 25.4. The zero-order chi connectivity index (χ0) is 31.1. The van der Waals surface area contributed by atoms with Crippen molar-refractivity contribution in [2.24, 2.45) is 11.5 Å². The Bertz CT molecular complexity index is 1460. The molecule has 6 N–H and O–H groups in total. The van der Waals surface area contributed by atoms with E-state index in [0.717, 1.165) is 65.4 Å². The first kappa shape index (κ1) is 31.8. The molecule has 0 bridgehead atoms. The fourth-order valence-corrected chi connectivity index (χ4v) is 5.36. The second-order valence-corrected chi connectivity index (χ2v) is 11.4. The molecule has 5 rings (SSSR count). The minimum Gasteiger partial charge on any atom is -0.488 e. The van der Waals surface area contributed by atoms with Gasteiger partial charge in [0.15, 0.2) is 0 Å². The topological polar surface area (TPSA) is 144 Å². The van der Waals surface area contributed by atoms with Gasteiger partial charge in [0.05, 0.1) is 43.0 Å². The number of aliphatic hydroxyl groups excluding tert-OH is 1. The molecule has 1 saturated carbocycles. The van der Waals surface area contributed by atoms with Gasteiger partial charge in [-0.2, -0.15) is 10.2 Å². The third-order valence-corrected chi connectivity index (χ3v) is 7.71. The largest absolute Gasteiger partial charge is 0.488 e. The number of ether oxygens (including phenoxy) is 2. The number of hydrogen-bond donors (Lipinski definition) is 4. The van der Waals surface area contributed by atoms with Gasteiger partial charge in [-0.15, -0.1) is 0 Å². The Labute approximate surface area is 257 Å². The normalized spacial score (nSPS) is 17.0. The summed E-state index contributed by atoms with van der Waals surface area (Å²) in [6.45, 7) is 4.26. The SMILES string of the molecule is CN(CCN)Cc1cn[nH]c1-c1ccc(OC2CC2OC(CO)Cn2ncc(CN(C)CCN)c2-c2ccc(F)cc2)cc1. The summed E-state index contributed by atoms with van der Waals surface area (Å²) in [5.74, 6) is 0.452. The van der Waals surface area contributed by atoms with Crippen LogP contribution in [-0.2, 0) is 24.4 Å².